The Balaban J connectivity index is 1.82. The Morgan fingerprint density at radius 3 is 2.65 bits per heavy atom. The number of rotatable bonds is 5. The third kappa shape index (κ3) is 4.59. The summed E-state index contributed by atoms with van der Waals surface area (Å²) in [4.78, 5) is 16.0. The fraction of sp³-hybridized carbons (Fsp3) is 0.640. The van der Waals surface area contributed by atoms with Crippen molar-refractivity contribution in [3.05, 3.63) is 29.3 Å². The van der Waals surface area contributed by atoms with Crippen molar-refractivity contribution < 1.29 is 19.7 Å². The van der Waals surface area contributed by atoms with Crippen LogP contribution in [0.1, 0.15) is 50.7 Å². The first-order valence-corrected chi connectivity index (χ1v) is 11.2. The van der Waals surface area contributed by atoms with E-state index in [9.17, 15) is 15.0 Å². The second kappa shape index (κ2) is 9.20. The van der Waals surface area contributed by atoms with E-state index in [1.54, 1.807) is 18.9 Å². The van der Waals surface area contributed by atoms with Gasteiger partial charge in [-0.3, -0.25) is 0 Å². The lowest BCUT2D eigenvalue weighted by molar-refractivity contribution is -0.106. The fourth-order valence-electron chi connectivity index (χ4n) is 5.35. The van der Waals surface area contributed by atoms with Crippen LogP contribution in [0.3, 0.4) is 0 Å². The minimum atomic E-state index is -1.33. The summed E-state index contributed by atoms with van der Waals surface area (Å²) in [7, 11) is 5.68. The standard InChI is InChI=1S/C25H36N2O4/c1-6-12-25(30)16-19-9-8-18-15-20(31-23(29)27(5)14-13-26(3)4)10-11-21(18)24(19,7-2)17-22(25)28/h10-11,15,19,22,28,30H,7-9,13-14,16-17H2,1-5H3/t19-,22+,24-,25+/m1/s1. The Morgan fingerprint density at radius 1 is 1.26 bits per heavy atom. The smallest absolute Gasteiger partial charge is 0.410 e. The van der Waals surface area contributed by atoms with E-state index in [2.05, 4.69) is 24.8 Å². The first kappa shape index (κ1) is 23.6. The van der Waals surface area contributed by atoms with Crippen molar-refractivity contribution in [2.24, 2.45) is 5.92 Å². The van der Waals surface area contributed by atoms with Gasteiger partial charge in [0.1, 0.15) is 5.75 Å². The molecule has 0 saturated heterocycles. The number of ether oxygens (including phenoxy) is 1. The van der Waals surface area contributed by atoms with Gasteiger partial charge in [-0.15, -0.1) is 5.92 Å². The highest BCUT2D eigenvalue weighted by Crippen LogP contribution is 2.54. The number of amides is 1. The molecule has 170 valence electrons. The number of likely N-dealkylation sites (N-methyl/N-ethyl adjacent to an activating group) is 2. The van der Waals surface area contributed by atoms with Gasteiger partial charge < -0.3 is 24.7 Å². The molecule has 2 N–H and O–H groups in total. The van der Waals surface area contributed by atoms with E-state index >= 15 is 0 Å². The van der Waals surface area contributed by atoms with Crippen LogP contribution in [0.4, 0.5) is 4.79 Å². The Morgan fingerprint density at radius 2 is 2.00 bits per heavy atom. The molecule has 1 aromatic carbocycles. The van der Waals surface area contributed by atoms with Crippen molar-refractivity contribution in [1.82, 2.24) is 9.80 Å². The molecule has 1 amide bonds. The van der Waals surface area contributed by atoms with Crippen LogP contribution in [-0.2, 0) is 11.8 Å². The van der Waals surface area contributed by atoms with Gasteiger partial charge in [-0.2, -0.15) is 0 Å². The monoisotopic (exact) mass is 428 g/mol. The lowest BCUT2D eigenvalue weighted by atomic mass is 9.52. The number of carbonyl (C=O) groups excluding carboxylic acids is 1. The first-order chi connectivity index (χ1) is 14.6. The quantitative estimate of drug-likeness (QED) is 0.706. The summed E-state index contributed by atoms with van der Waals surface area (Å²) < 4.78 is 5.62. The van der Waals surface area contributed by atoms with E-state index in [1.165, 1.54) is 11.1 Å². The van der Waals surface area contributed by atoms with Crippen LogP contribution in [0.25, 0.3) is 0 Å². The molecule has 31 heavy (non-hydrogen) atoms. The van der Waals surface area contributed by atoms with Crippen LogP contribution in [0.2, 0.25) is 0 Å². The molecule has 6 heteroatoms. The lowest BCUT2D eigenvalue weighted by Crippen LogP contribution is -2.57. The molecule has 0 aromatic heterocycles. The van der Waals surface area contributed by atoms with Gasteiger partial charge in [-0.1, -0.05) is 18.9 Å². The summed E-state index contributed by atoms with van der Waals surface area (Å²) >= 11 is 0. The van der Waals surface area contributed by atoms with Crippen molar-refractivity contribution in [2.75, 3.05) is 34.2 Å². The molecule has 3 rings (SSSR count). The Bertz CT molecular complexity index is 874. The van der Waals surface area contributed by atoms with E-state index in [0.717, 1.165) is 25.8 Å². The number of aliphatic hydroxyl groups is 2. The zero-order valence-corrected chi connectivity index (χ0v) is 19.4. The van der Waals surface area contributed by atoms with Gasteiger partial charge in [0.2, 0.25) is 0 Å². The summed E-state index contributed by atoms with van der Waals surface area (Å²) in [6, 6.07) is 5.88. The number of hydrogen-bond donors (Lipinski definition) is 2. The normalized spacial score (nSPS) is 29.4. The maximum absolute atomic E-state index is 12.4. The van der Waals surface area contributed by atoms with Crippen molar-refractivity contribution in [3.8, 4) is 17.6 Å². The molecule has 0 heterocycles. The van der Waals surface area contributed by atoms with Gasteiger partial charge >= 0.3 is 6.09 Å². The van der Waals surface area contributed by atoms with Gasteiger partial charge in [0.25, 0.3) is 0 Å². The molecule has 0 spiro atoms. The van der Waals surface area contributed by atoms with E-state index < -0.39 is 11.7 Å². The van der Waals surface area contributed by atoms with E-state index in [4.69, 9.17) is 4.74 Å². The average Bonchev–Trinajstić information content (AvgIpc) is 2.72. The van der Waals surface area contributed by atoms with Crippen molar-refractivity contribution in [1.29, 1.82) is 0 Å². The first-order valence-electron chi connectivity index (χ1n) is 11.2. The van der Waals surface area contributed by atoms with Gasteiger partial charge in [0.05, 0.1) is 6.10 Å². The Labute approximate surface area is 186 Å². The molecule has 1 saturated carbocycles. The zero-order valence-electron chi connectivity index (χ0n) is 19.4. The van der Waals surface area contributed by atoms with Crippen molar-refractivity contribution in [3.63, 3.8) is 0 Å². The van der Waals surface area contributed by atoms with Crippen LogP contribution in [0.15, 0.2) is 18.2 Å². The number of aliphatic hydroxyl groups excluding tert-OH is 1. The molecular formula is C25H36N2O4. The molecule has 1 fully saturated rings. The van der Waals surface area contributed by atoms with Crippen LogP contribution < -0.4 is 4.74 Å². The van der Waals surface area contributed by atoms with Gasteiger partial charge in [0, 0.05) is 25.6 Å². The van der Waals surface area contributed by atoms with E-state index in [0.29, 0.717) is 25.1 Å². The summed E-state index contributed by atoms with van der Waals surface area (Å²) in [6.07, 6.45) is 2.37. The number of fused-ring (bicyclic) bond motifs is 3. The number of hydrogen-bond acceptors (Lipinski definition) is 5. The molecule has 0 aliphatic heterocycles. The molecule has 0 unspecified atom stereocenters. The molecule has 1 aromatic rings. The minimum Gasteiger partial charge on any atom is -0.410 e. The van der Waals surface area contributed by atoms with Gasteiger partial charge in [-0.25, -0.2) is 4.79 Å². The highest BCUT2D eigenvalue weighted by Gasteiger charge is 2.54. The number of benzene rings is 1. The SMILES string of the molecule is CC#C[C@]1(O)C[C@H]2CCc3cc(OC(=O)N(C)CCN(C)C)ccc3[C@]2(CC)C[C@@H]1O. The molecular weight excluding hydrogens is 392 g/mol. The molecule has 0 radical (unpaired) electrons. The number of carbonyl (C=O) groups is 1. The Kier molecular flexibility index (Phi) is 7.00. The average molecular weight is 429 g/mol. The van der Waals surface area contributed by atoms with Crippen LogP contribution in [0, 0.1) is 17.8 Å². The van der Waals surface area contributed by atoms with Gasteiger partial charge in [0.15, 0.2) is 5.60 Å². The van der Waals surface area contributed by atoms with Crippen molar-refractivity contribution >= 4 is 6.09 Å². The maximum Gasteiger partial charge on any atom is 0.415 e. The predicted octanol–water partition coefficient (Wildman–Crippen LogP) is 2.80. The second-order valence-corrected chi connectivity index (χ2v) is 9.38. The topological polar surface area (TPSA) is 73.2 Å². The third-order valence-electron chi connectivity index (χ3n) is 7.19. The predicted molar refractivity (Wildman–Crippen MR) is 121 cm³/mol. The van der Waals surface area contributed by atoms with E-state index in [-0.39, 0.29) is 17.4 Å². The highest BCUT2D eigenvalue weighted by molar-refractivity contribution is 5.70. The summed E-state index contributed by atoms with van der Waals surface area (Å²) in [5.41, 5.74) is 0.846. The Hall–Kier alpha value is -2.07. The minimum absolute atomic E-state index is 0.195. The van der Waals surface area contributed by atoms with Crippen LogP contribution >= 0.6 is 0 Å². The lowest BCUT2D eigenvalue weighted by Gasteiger charge is -2.53. The third-order valence-corrected chi connectivity index (χ3v) is 7.19. The maximum atomic E-state index is 12.4. The van der Waals surface area contributed by atoms with Crippen molar-refractivity contribution in [2.45, 2.75) is 63.1 Å². The zero-order chi connectivity index (χ0) is 22.8. The summed E-state index contributed by atoms with van der Waals surface area (Å²) in [5, 5.41) is 21.7. The number of nitrogens with zero attached hydrogens (tertiary/aromatic N) is 2. The second-order valence-electron chi connectivity index (χ2n) is 9.38. The van der Waals surface area contributed by atoms with Crippen LogP contribution in [-0.4, -0.2) is 72.0 Å². The molecule has 6 nitrogen and oxygen atoms in total. The molecule has 2 aliphatic rings. The summed E-state index contributed by atoms with van der Waals surface area (Å²) in [5.74, 6) is 6.45. The number of aryl methyl sites for hydroxylation is 1. The molecule has 4 atom stereocenters. The summed E-state index contributed by atoms with van der Waals surface area (Å²) in [6.45, 7) is 5.22. The highest BCUT2D eigenvalue weighted by atomic mass is 16.6. The molecule has 2 aliphatic carbocycles. The fourth-order valence-corrected chi connectivity index (χ4v) is 5.35. The van der Waals surface area contributed by atoms with Gasteiger partial charge in [-0.05, 0) is 82.3 Å². The van der Waals surface area contributed by atoms with E-state index in [1.807, 2.05) is 31.1 Å². The largest absolute Gasteiger partial charge is 0.415 e. The van der Waals surface area contributed by atoms with Crippen LogP contribution in [0.5, 0.6) is 5.75 Å². The molecule has 0 bridgehead atoms.